The smallest absolute Gasteiger partial charge is 0.237 e. The van der Waals surface area contributed by atoms with Crippen molar-refractivity contribution in [3.05, 3.63) is 23.8 Å². The van der Waals surface area contributed by atoms with Gasteiger partial charge in [-0.15, -0.1) is 0 Å². The van der Waals surface area contributed by atoms with Crippen molar-refractivity contribution in [1.29, 1.82) is 0 Å². The van der Waals surface area contributed by atoms with Crippen LogP contribution in [0, 0.1) is 6.92 Å². The number of aliphatic hydroxyl groups is 1. The molecule has 1 N–H and O–H groups in total. The number of hydrogen-bond donors (Lipinski definition) is 1. The molecule has 0 radical (unpaired) electrons. The van der Waals surface area contributed by atoms with E-state index in [4.69, 9.17) is 5.11 Å². The Kier molecular flexibility index (Phi) is 5.76. The largest absolute Gasteiger partial charge is 0.395 e. The molecule has 2 aliphatic heterocycles. The molecule has 3 rings (SSSR count). The van der Waals surface area contributed by atoms with Gasteiger partial charge in [0.2, 0.25) is 5.91 Å². The topological polar surface area (TPSA) is 72.8 Å². The first-order valence-corrected chi connectivity index (χ1v) is 8.81. The van der Waals surface area contributed by atoms with Gasteiger partial charge in [-0.25, -0.2) is 0 Å². The number of amides is 1. The van der Waals surface area contributed by atoms with Gasteiger partial charge in [-0.3, -0.25) is 24.6 Å². The van der Waals surface area contributed by atoms with Gasteiger partial charge in [0, 0.05) is 45.5 Å². The molecule has 24 heavy (non-hydrogen) atoms. The molecule has 7 nitrogen and oxygen atoms in total. The van der Waals surface area contributed by atoms with E-state index in [1.807, 2.05) is 11.8 Å². The second-order valence-electron chi connectivity index (χ2n) is 6.67. The van der Waals surface area contributed by atoms with Crippen molar-refractivity contribution < 1.29 is 9.90 Å². The highest BCUT2D eigenvalue weighted by atomic mass is 16.3. The number of aryl methyl sites for hydroxylation is 1. The van der Waals surface area contributed by atoms with Crippen LogP contribution >= 0.6 is 0 Å². The molecule has 0 saturated carbocycles. The van der Waals surface area contributed by atoms with Crippen LogP contribution in [-0.2, 0) is 4.79 Å². The van der Waals surface area contributed by atoms with Crippen molar-refractivity contribution in [1.82, 2.24) is 24.7 Å². The molecule has 1 aromatic rings. The van der Waals surface area contributed by atoms with E-state index in [1.54, 1.807) is 12.4 Å². The van der Waals surface area contributed by atoms with Crippen LogP contribution in [0.2, 0.25) is 0 Å². The second kappa shape index (κ2) is 8.00. The zero-order valence-corrected chi connectivity index (χ0v) is 14.4. The van der Waals surface area contributed by atoms with Crippen molar-refractivity contribution in [3.8, 4) is 0 Å². The number of aliphatic hydroxyl groups excluding tert-OH is 1. The number of aromatic nitrogens is 2. The van der Waals surface area contributed by atoms with Crippen LogP contribution in [0.5, 0.6) is 0 Å². The average Bonchev–Trinajstić information content (AvgIpc) is 3.07. The summed E-state index contributed by atoms with van der Waals surface area (Å²) in [6, 6.07) is 0.0700. The highest BCUT2D eigenvalue weighted by Gasteiger charge is 2.32. The van der Waals surface area contributed by atoms with E-state index in [0.29, 0.717) is 6.54 Å². The first kappa shape index (κ1) is 17.3. The molecule has 0 aliphatic carbocycles. The molecule has 7 heteroatoms. The van der Waals surface area contributed by atoms with E-state index in [2.05, 4.69) is 19.8 Å². The van der Waals surface area contributed by atoms with Crippen molar-refractivity contribution in [2.45, 2.75) is 25.8 Å². The van der Waals surface area contributed by atoms with Gasteiger partial charge < -0.3 is 10.0 Å². The van der Waals surface area contributed by atoms with E-state index in [1.165, 1.54) is 0 Å². The van der Waals surface area contributed by atoms with Crippen LogP contribution in [0.25, 0.3) is 0 Å². The van der Waals surface area contributed by atoms with Gasteiger partial charge in [0.1, 0.15) is 0 Å². The summed E-state index contributed by atoms with van der Waals surface area (Å²) < 4.78 is 0. The third-order valence-corrected chi connectivity index (χ3v) is 4.93. The number of β-amino-alcohol motifs (C(OH)–C–C–N with tert-alkyl or cyclic N) is 1. The highest BCUT2D eigenvalue weighted by molar-refractivity contribution is 5.79. The Labute approximate surface area is 143 Å². The number of piperazine rings is 1. The summed E-state index contributed by atoms with van der Waals surface area (Å²) in [6.45, 7) is 7.74. The van der Waals surface area contributed by atoms with E-state index in [-0.39, 0.29) is 18.6 Å². The normalized spacial score (nSPS) is 22.9. The van der Waals surface area contributed by atoms with Crippen molar-refractivity contribution in [2.75, 3.05) is 52.4 Å². The Bertz CT molecular complexity index is 560. The fourth-order valence-corrected chi connectivity index (χ4v) is 3.61. The number of likely N-dealkylation sites (tertiary alicyclic amines) is 1. The average molecular weight is 333 g/mol. The lowest BCUT2D eigenvalue weighted by Crippen LogP contribution is -2.50. The molecular weight excluding hydrogens is 306 g/mol. The minimum absolute atomic E-state index is 0.0700. The Balaban J connectivity index is 1.56. The summed E-state index contributed by atoms with van der Waals surface area (Å²) in [6.07, 6.45) is 5.53. The molecule has 0 unspecified atom stereocenters. The molecular formula is C17H27N5O2. The lowest BCUT2D eigenvalue weighted by atomic mass is 10.1. The number of carbonyl (C=O) groups excluding carboxylic acids is 1. The van der Waals surface area contributed by atoms with E-state index >= 15 is 0 Å². The fraction of sp³-hybridized carbons (Fsp3) is 0.706. The summed E-state index contributed by atoms with van der Waals surface area (Å²) in [7, 11) is 0. The Morgan fingerprint density at radius 1 is 1.21 bits per heavy atom. The first-order valence-electron chi connectivity index (χ1n) is 8.81. The monoisotopic (exact) mass is 333 g/mol. The Morgan fingerprint density at radius 2 is 1.96 bits per heavy atom. The van der Waals surface area contributed by atoms with Crippen molar-refractivity contribution in [3.63, 3.8) is 0 Å². The van der Waals surface area contributed by atoms with E-state index in [0.717, 1.165) is 63.5 Å². The third-order valence-electron chi connectivity index (χ3n) is 4.93. The number of carbonyl (C=O) groups is 1. The van der Waals surface area contributed by atoms with Crippen LogP contribution in [0.4, 0.5) is 0 Å². The van der Waals surface area contributed by atoms with Gasteiger partial charge >= 0.3 is 0 Å². The van der Waals surface area contributed by atoms with Gasteiger partial charge in [0.05, 0.1) is 36.8 Å². The van der Waals surface area contributed by atoms with Gasteiger partial charge in [0.15, 0.2) is 0 Å². The summed E-state index contributed by atoms with van der Waals surface area (Å²) in [4.78, 5) is 28.0. The van der Waals surface area contributed by atoms with Crippen LogP contribution < -0.4 is 0 Å². The Hall–Kier alpha value is -1.57. The van der Waals surface area contributed by atoms with Crippen LogP contribution in [0.3, 0.4) is 0 Å². The highest BCUT2D eigenvalue weighted by Crippen LogP contribution is 2.30. The second-order valence-corrected chi connectivity index (χ2v) is 6.67. The maximum atomic E-state index is 12.8. The van der Waals surface area contributed by atoms with Crippen molar-refractivity contribution in [2.24, 2.45) is 0 Å². The molecule has 0 aromatic carbocycles. The predicted octanol–water partition coefficient (Wildman–Crippen LogP) is 0.0584. The quantitative estimate of drug-likeness (QED) is 0.821. The molecule has 3 heterocycles. The minimum atomic E-state index is 0.0700. The molecule has 1 aromatic heterocycles. The van der Waals surface area contributed by atoms with Crippen molar-refractivity contribution >= 4 is 5.91 Å². The van der Waals surface area contributed by atoms with E-state index in [9.17, 15) is 4.79 Å². The number of nitrogens with zero attached hydrogens (tertiary/aromatic N) is 5. The zero-order valence-electron chi connectivity index (χ0n) is 14.4. The molecule has 2 saturated heterocycles. The molecule has 0 spiro atoms. The summed E-state index contributed by atoms with van der Waals surface area (Å²) in [5.74, 6) is 0.191. The van der Waals surface area contributed by atoms with Gasteiger partial charge in [0.25, 0.3) is 0 Å². The molecule has 2 aliphatic rings. The lowest BCUT2D eigenvalue weighted by molar-refractivity contribution is -0.133. The maximum absolute atomic E-state index is 12.8. The molecule has 2 fully saturated rings. The van der Waals surface area contributed by atoms with Crippen LogP contribution in [0.1, 0.15) is 30.3 Å². The maximum Gasteiger partial charge on any atom is 0.237 e. The van der Waals surface area contributed by atoms with E-state index < -0.39 is 0 Å². The first-order chi connectivity index (χ1) is 11.7. The molecule has 0 bridgehead atoms. The van der Waals surface area contributed by atoms with Crippen LogP contribution in [-0.4, -0.2) is 88.1 Å². The number of rotatable bonds is 5. The molecule has 1 atom stereocenters. The van der Waals surface area contributed by atoms with Gasteiger partial charge in [-0.05, 0) is 19.8 Å². The molecule has 132 valence electrons. The third kappa shape index (κ3) is 4.09. The SMILES string of the molecule is Cc1cncc([C@H]2CCCN2C(=O)CN2CCN(CCO)CC2)n1. The van der Waals surface area contributed by atoms with Gasteiger partial charge in [-0.1, -0.05) is 0 Å². The van der Waals surface area contributed by atoms with Gasteiger partial charge in [-0.2, -0.15) is 0 Å². The summed E-state index contributed by atoms with van der Waals surface area (Å²) >= 11 is 0. The summed E-state index contributed by atoms with van der Waals surface area (Å²) in [5, 5.41) is 9.00. The standard InChI is InChI=1S/C17H27N5O2/c1-14-11-18-12-15(19-14)16-3-2-4-22(16)17(24)13-21-7-5-20(6-8-21)9-10-23/h11-12,16,23H,2-10,13H2,1H3/t16-/m1/s1. The molecule has 1 amide bonds. The number of hydrogen-bond acceptors (Lipinski definition) is 6. The predicted molar refractivity (Wildman–Crippen MR) is 90.4 cm³/mol. The Morgan fingerprint density at radius 3 is 2.67 bits per heavy atom. The zero-order chi connectivity index (χ0) is 16.9. The van der Waals surface area contributed by atoms with Crippen LogP contribution in [0.15, 0.2) is 12.4 Å². The fourth-order valence-electron chi connectivity index (χ4n) is 3.61. The lowest BCUT2D eigenvalue weighted by Gasteiger charge is -2.35. The summed E-state index contributed by atoms with van der Waals surface area (Å²) in [5.41, 5.74) is 1.81. The minimum Gasteiger partial charge on any atom is -0.395 e.